The molecular formula is C19H21NO4. The molecule has 2 aliphatic carbocycles. The van der Waals surface area contributed by atoms with Crippen LogP contribution in [-0.4, -0.2) is 40.3 Å². The minimum Gasteiger partial charge on any atom is -0.480 e. The Morgan fingerprint density at radius 1 is 1.25 bits per heavy atom. The molecule has 1 aromatic carbocycles. The third kappa shape index (κ3) is 2.80. The third-order valence-electron chi connectivity index (χ3n) is 4.81. The SMILES string of the molecule is CC1(C)CCC2=C(C1)c1ccccc1C(=NC(CO)C(=O)O)C2=O. The molecule has 0 saturated carbocycles. The minimum atomic E-state index is -1.32. The maximum atomic E-state index is 12.9. The van der Waals surface area contributed by atoms with E-state index in [0.717, 1.165) is 29.6 Å². The number of rotatable bonds is 3. The smallest absolute Gasteiger partial charge is 0.330 e. The number of carbonyl (C=O) groups excluding carboxylic acids is 1. The lowest BCUT2D eigenvalue weighted by Gasteiger charge is -2.36. The van der Waals surface area contributed by atoms with Gasteiger partial charge in [-0.3, -0.25) is 9.79 Å². The van der Waals surface area contributed by atoms with Crippen molar-refractivity contribution >= 4 is 23.0 Å². The first kappa shape index (κ1) is 16.6. The molecule has 0 aromatic heterocycles. The topological polar surface area (TPSA) is 87.0 Å². The Balaban J connectivity index is 2.17. The molecule has 0 spiro atoms. The third-order valence-corrected chi connectivity index (χ3v) is 4.81. The highest BCUT2D eigenvalue weighted by Gasteiger charge is 2.37. The maximum absolute atomic E-state index is 12.9. The van der Waals surface area contributed by atoms with Crippen LogP contribution in [0.5, 0.6) is 0 Å². The number of aliphatic imine (C=N–C) groups is 1. The molecule has 3 rings (SSSR count). The highest BCUT2D eigenvalue weighted by atomic mass is 16.4. The van der Waals surface area contributed by atoms with E-state index in [4.69, 9.17) is 5.11 Å². The summed E-state index contributed by atoms with van der Waals surface area (Å²) < 4.78 is 0. The molecule has 2 aliphatic rings. The lowest BCUT2D eigenvalue weighted by Crippen LogP contribution is -2.33. The Hall–Kier alpha value is -2.27. The fourth-order valence-corrected chi connectivity index (χ4v) is 3.47. The van der Waals surface area contributed by atoms with E-state index < -0.39 is 18.6 Å². The first-order valence-corrected chi connectivity index (χ1v) is 8.12. The fraction of sp³-hybridized carbons (Fsp3) is 0.421. The summed E-state index contributed by atoms with van der Waals surface area (Å²) in [4.78, 5) is 28.2. The van der Waals surface area contributed by atoms with Crippen molar-refractivity contribution < 1.29 is 19.8 Å². The Labute approximate surface area is 140 Å². The van der Waals surface area contributed by atoms with E-state index >= 15 is 0 Å². The number of aliphatic hydroxyl groups excluding tert-OH is 1. The summed E-state index contributed by atoms with van der Waals surface area (Å²) in [5.74, 6) is -1.43. The van der Waals surface area contributed by atoms with Gasteiger partial charge in [-0.05, 0) is 35.8 Å². The number of carbonyl (C=O) groups is 2. The summed E-state index contributed by atoms with van der Waals surface area (Å²) in [7, 11) is 0. The van der Waals surface area contributed by atoms with Crippen molar-refractivity contribution in [3.05, 3.63) is 41.0 Å². The summed E-state index contributed by atoms with van der Waals surface area (Å²) in [5, 5.41) is 18.4. The van der Waals surface area contributed by atoms with E-state index in [-0.39, 0.29) is 16.9 Å². The minimum absolute atomic E-state index is 0.134. The molecule has 0 bridgehead atoms. The monoisotopic (exact) mass is 327 g/mol. The van der Waals surface area contributed by atoms with E-state index in [9.17, 15) is 14.7 Å². The molecule has 0 saturated heterocycles. The average molecular weight is 327 g/mol. The molecule has 1 aromatic rings. The predicted octanol–water partition coefficient (Wildman–Crippen LogP) is 2.47. The summed E-state index contributed by atoms with van der Waals surface area (Å²) in [6.45, 7) is 3.76. The van der Waals surface area contributed by atoms with Crippen molar-refractivity contribution in [2.75, 3.05) is 6.61 Å². The maximum Gasteiger partial charge on any atom is 0.330 e. The molecule has 0 fully saturated rings. The van der Waals surface area contributed by atoms with Crippen molar-refractivity contribution in [2.45, 2.75) is 39.2 Å². The van der Waals surface area contributed by atoms with Crippen LogP contribution >= 0.6 is 0 Å². The number of carboxylic acids is 1. The molecule has 0 amide bonds. The zero-order valence-electron chi connectivity index (χ0n) is 13.9. The van der Waals surface area contributed by atoms with Gasteiger partial charge >= 0.3 is 5.97 Å². The molecule has 2 N–H and O–H groups in total. The van der Waals surface area contributed by atoms with Crippen molar-refractivity contribution in [3.8, 4) is 0 Å². The van der Waals surface area contributed by atoms with Gasteiger partial charge < -0.3 is 10.2 Å². The number of Topliss-reactive ketones (excluding diaryl/α,β-unsaturated/α-hetero) is 1. The summed E-state index contributed by atoms with van der Waals surface area (Å²) in [5.41, 5.74) is 3.72. The second kappa shape index (κ2) is 5.98. The van der Waals surface area contributed by atoms with Crippen LogP contribution in [0.4, 0.5) is 0 Å². The Bertz CT molecular complexity index is 773. The predicted molar refractivity (Wildman–Crippen MR) is 91.0 cm³/mol. The largest absolute Gasteiger partial charge is 0.480 e. The van der Waals surface area contributed by atoms with Crippen molar-refractivity contribution in [3.63, 3.8) is 0 Å². The second-order valence-corrected chi connectivity index (χ2v) is 7.19. The molecule has 1 atom stereocenters. The van der Waals surface area contributed by atoms with Crippen LogP contribution in [0.25, 0.3) is 5.57 Å². The number of aliphatic carboxylic acids is 1. The van der Waals surface area contributed by atoms with Crippen LogP contribution in [-0.2, 0) is 9.59 Å². The van der Waals surface area contributed by atoms with Crippen molar-refractivity contribution in [1.82, 2.24) is 0 Å². The van der Waals surface area contributed by atoms with Crippen LogP contribution < -0.4 is 0 Å². The number of ketones is 1. The van der Waals surface area contributed by atoms with Gasteiger partial charge in [0.05, 0.1) is 6.61 Å². The van der Waals surface area contributed by atoms with Crippen LogP contribution in [0.3, 0.4) is 0 Å². The number of allylic oxidation sites excluding steroid dienone is 2. The molecule has 0 heterocycles. The Morgan fingerprint density at radius 2 is 1.92 bits per heavy atom. The highest BCUT2D eigenvalue weighted by molar-refractivity contribution is 6.54. The molecule has 5 heteroatoms. The zero-order valence-corrected chi connectivity index (χ0v) is 13.9. The zero-order chi connectivity index (χ0) is 17.5. The van der Waals surface area contributed by atoms with Gasteiger partial charge in [0.1, 0.15) is 5.71 Å². The number of carboxylic acid groups (broad SMARTS) is 1. The van der Waals surface area contributed by atoms with Gasteiger partial charge in [-0.15, -0.1) is 0 Å². The van der Waals surface area contributed by atoms with Crippen LogP contribution in [0.15, 0.2) is 34.8 Å². The second-order valence-electron chi connectivity index (χ2n) is 7.19. The first-order valence-electron chi connectivity index (χ1n) is 8.12. The quantitative estimate of drug-likeness (QED) is 0.893. The highest BCUT2D eigenvalue weighted by Crippen LogP contribution is 2.46. The number of hydrogen-bond donors (Lipinski definition) is 2. The van der Waals surface area contributed by atoms with Gasteiger partial charge in [-0.1, -0.05) is 38.1 Å². The lowest BCUT2D eigenvalue weighted by atomic mass is 9.68. The van der Waals surface area contributed by atoms with Gasteiger partial charge in [0.25, 0.3) is 0 Å². The standard InChI is InChI=1S/C19H21NO4/c1-19(2)8-7-13-14(9-19)11-5-3-4-6-12(11)16(17(13)22)20-15(10-21)18(23)24/h3-6,15,21H,7-10H2,1-2H3,(H,23,24). The molecular weight excluding hydrogens is 306 g/mol. The van der Waals surface area contributed by atoms with Crippen LogP contribution in [0.2, 0.25) is 0 Å². The van der Waals surface area contributed by atoms with Gasteiger partial charge in [-0.25, -0.2) is 4.79 Å². The van der Waals surface area contributed by atoms with E-state index in [1.807, 2.05) is 18.2 Å². The van der Waals surface area contributed by atoms with E-state index in [1.165, 1.54) is 0 Å². The van der Waals surface area contributed by atoms with E-state index in [0.29, 0.717) is 12.0 Å². The lowest BCUT2D eigenvalue weighted by molar-refractivity contribution is -0.139. The molecule has 24 heavy (non-hydrogen) atoms. The Kier molecular flexibility index (Phi) is 4.13. The van der Waals surface area contributed by atoms with Gasteiger partial charge in [0, 0.05) is 11.1 Å². The number of benzene rings is 1. The molecule has 126 valence electrons. The summed E-state index contributed by atoms with van der Waals surface area (Å²) in [6.07, 6.45) is 2.40. The summed E-state index contributed by atoms with van der Waals surface area (Å²) in [6, 6.07) is 6.17. The first-order chi connectivity index (χ1) is 11.3. The van der Waals surface area contributed by atoms with Crippen molar-refractivity contribution in [2.24, 2.45) is 10.4 Å². The van der Waals surface area contributed by atoms with Gasteiger partial charge in [-0.2, -0.15) is 0 Å². The van der Waals surface area contributed by atoms with E-state index in [2.05, 4.69) is 18.8 Å². The van der Waals surface area contributed by atoms with E-state index in [1.54, 1.807) is 6.07 Å². The number of aliphatic hydroxyl groups is 1. The average Bonchev–Trinajstić information content (AvgIpc) is 2.53. The summed E-state index contributed by atoms with van der Waals surface area (Å²) >= 11 is 0. The Morgan fingerprint density at radius 3 is 2.54 bits per heavy atom. The van der Waals surface area contributed by atoms with Gasteiger partial charge in [0.2, 0.25) is 5.78 Å². The molecule has 0 radical (unpaired) electrons. The fourth-order valence-electron chi connectivity index (χ4n) is 3.47. The number of hydrogen-bond acceptors (Lipinski definition) is 4. The van der Waals surface area contributed by atoms with Crippen molar-refractivity contribution in [1.29, 1.82) is 0 Å². The van der Waals surface area contributed by atoms with Crippen LogP contribution in [0.1, 0.15) is 44.2 Å². The number of nitrogens with zero attached hydrogens (tertiary/aromatic N) is 1. The normalized spacial score (nSPS) is 22.1. The molecule has 5 nitrogen and oxygen atoms in total. The van der Waals surface area contributed by atoms with Gasteiger partial charge in [0.15, 0.2) is 6.04 Å². The van der Waals surface area contributed by atoms with Crippen LogP contribution in [0, 0.1) is 5.41 Å². The molecule has 0 aliphatic heterocycles. The number of fused-ring (bicyclic) bond motifs is 2. The molecule has 1 unspecified atom stereocenters.